The summed E-state index contributed by atoms with van der Waals surface area (Å²) in [6, 6.07) is 7.98. The van der Waals surface area contributed by atoms with Crippen LogP contribution in [0.1, 0.15) is 5.82 Å². The summed E-state index contributed by atoms with van der Waals surface area (Å²) in [6.07, 6.45) is 1.64. The maximum Gasteiger partial charge on any atom is 0.289 e. The van der Waals surface area contributed by atoms with E-state index in [2.05, 4.69) is 22.1 Å². The molecule has 0 spiro atoms. The van der Waals surface area contributed by atoms with Gasteiger partial charge in [-0.2, -0.15) is 0 Å². The minimum absolute atomic E-state index is 0.0254. The number of benzene rings is 2. The summed E-state index contributed by atoms with van der Waals surface area (Å²) in [4.78, 5) is 22.7. The number of carbonyl (C=O) groups is 1. The van der Waals surface area contributed by atoms with E-state index >= 15 is 0 Å². The van der Waals surface area contributed by atoms with Gasteiger partial charge in [0.15, 0.2) is 11.0 Å². The lowest BCUT2D eigenvalue weighted by Gasteiger charge is -2.10. The number of nitrogens with one attached hydrogen (secondary N) is 1. The average molecular weight is 512 g/mol. The molecule has 0 saturated carbocycles. The number of allylic oxidation sites excluding steroid dienone is 1. The largest absolute Gasteiger partial charge is 0.486 e. The summed E-state index contributed by atoms with van der Waals surface area (Å²) in [5.74, 6) is -0.153. The number of nitro benzene ring substituents is 1. The zero-order valence-corrected chi connectivity index (χ0v) is 19.2. The molecule has 0 bridgehead atoms. The van der Waals surface area contributed by atoms with Crippen LogP contribution in [0.2, 0.25) is 10.0 Å². The summed E-state index contributed by atoms with van der Waals surface area (Å²) in [5.41, 5.74) is -0.0590. The summed E-state index contributed by atoms with van der Waals surface area (Å²) < 4.78 is 20.6. The van der Waals surface area contributed by atoms with E-state index in [-0.39, 0.29) is 33.8 Å². The fourth-order valence-electron chi connectivity index (χ4n) is 2.62. The van der Waals surface area contributed by atoms with Crippen LogP contribution in [0.15, 0.2) is 54.2 Å². The van der Waals surface area contributed by atoms with Crippen LogP contribution in [0.25, 0.3) is 0 Å². The maximum absolute atomic E-state index is 13.3. The van der Waals surface area contributed by atoms with Crippen molar-refractivity contribution < 1.29 is 18.8 Å². The van der Waals surface area contributed by atoms with E-state index in [1.165, 1.54) is 36.4 Å². The van der Waals surface area contributed by atoms with Crippen LogP contribution in [0.4, 0.5) is 15.8 Å². The van der Waals surface area contributed by atoms with Gasteiger partial charge >= 0.3 is 0 Å². The minimum atomic E-state index is -0.631. The molecule has 0 aliphatic rings. The number of aromatic nitrogens is 3. The van der Waals surface area contributed by atoms with E-state index in [1.807, 2.05) is 0 Å². The summed E-state index contributed by atoms with van der Waals surface area (Å²) >= 11 is 12.7. The predicted molar refractivity (Wildman–Crippen MR) is 123 cm³/mol. The highest BCUT2D eigenvalue weighted by molar-refractivity contribution is 7.99. The van der Waals surface area contributed by atoms with E-state index < -0.39 is 16.6 Å². The highest BCUT2D eigenvalue weighted by Crippen LogP contribution is 2.28. The van der Waals surface area contributed by atoms with Crippen LogP contribution in [0.3, 0.4) is 0 Å². The van der Waals surface area contributed by atoms with Gasteiger partial charge in [0.25, 0.3) is 5.69 Å². The van der Waals surface area contributed by atoms with Crippen molar-refractivity contribution in [3.8, 4) is 5.75 Å². The molecule has 0 aliphatic heterocycles. The lowest BCUT2D eigenvalue weighted by molar-refractivity contribution is -0.384. The number of anilines is 1. The van der Waals surface area contributed by atoms with Crippen LogP contribution in [0, 0.1) is 15.9 Å². The molecule has 0 aliphatic carbocycles. The third kappa shape index (κ3) is 6.44. The highest BCUT2D eigenvalue weighted by Gasteiger charge is 2.16. The molecule has 1 heterocycles. The smallest absolute Gasteiger partial charge is 0.289 e. The molecule has 13 heteroatoms. The first-order chi connectivity index (χ1) is 15.8. The van der Waals surface area contributed by atoms with E-state index in [0.29, 0.717) is 23.3 Å². The molecule has 3 aromatic rings. The molecule has 0 radical (unpaired) electrons. The molecule has 1 aromatic heterocycles. The van der Waals surface area contributed by atoms with E-state index in [9.17, 15) is 19.3 Å². The van der Waals surface area contributed by atoms with E-state index in [1.54, 1.807) is 10.6 Å². The molecule has 2 aromatic carbocycles. The second-order valence-corrected chi connectivity index (χ2v) is 8.18. The second kappa shape index (κ2) is 11.1. The fourth-order valence-corrected chi connectivity index (χ4v) is 3.74. The number of halogens is 3. The van der Waals surface area contributed by atoms with Gasteiger partial charge < -0.3 is 10.1 Å². The molecule has 172 valence electrons. The zero-order valence-electron chi connectivity index (χ0n) is 16.8. The summed E-state index contributed by atoms with van der Waals surface area (Å²) in [7, 11) is 0. The van der Waals surface area contributed by atoms with Crippen molar-refractivity contribution in [2.75, 3.05) is 11.1 Å². The number of ether oxygens (including phenoxy) is 1. The quantitative estimate of drug-likeness (QED) is 0.174. The van der Waals surface area contributed by atoms with Gasteiger partial charge in [-0.3, -0.25) is 19.5 Å². The first-order valence-electron chi connectivity index (χ1n) is 9.26. The number of hydrogen-bond acceptors (Lipinski definition) is 7. The predicted octanol–water partition coefficient (Wildman–Crippen LogP) is 5.13. The van der Waals surface area contributed by atoms with Crippen molar-refractivity contribution in [2.45, 2.75) is 18.3 Å². The van der Waals surface area contributed by atoms with Gasteiger partial charge in [0.1, 0.15) is 23.2 Å². The molecule has 0 atom stereocenters. The molecule has 0 saturated heterocycles. The number of amides is 1. The monoisotopic (exact) mass is 511 g/mol. The first-order valence-corrected chi connectivity index (χ1v) is 11.0. The number of hydrogen-bond donors (Lipinski definition) is 1. The van der Waals surface area contributed by atoms with Crippen LogP contribution in [-0.4, -0.2) is 31.3 Å². The number of thioether (sulfide) groups is 1. The number of nitrogens with zero attached hydrogens (tertiary/aromatic N) is 4. The van der Waals surface area contributed by atoms with Crippen LogP contribution in [-0.2, 0) is 17.9 Å². The molecular formula is C20H16Cl2FN5O4S. The first kappa shape index (κ1) is 24.5. The Labute approximate surface area is 201 Å². The Morgan fingerprint density at radius 3 is 2.76 bits per heavy atom. The van der Waals surface area contributed by atoms with Crippen molar-refractivity contribution in [3.05, 3.63) is 80.9 Å². The lowest BCUT2D eigenvalue weighted by Crippen LogP contribution is -2.15. The average Bonchev–Trinajstić information content (AvgIpc) is 3.16. The molecule has 1 N–H and O–H groups in total. The van der Waals surface area contributed by atoms with Crippen LogP contribution in [0.5, 0.6) is 5.75 Å². The summed E-state index contributed by atoms with van der Waals surface area (Å²) in [5, 5.41) is 22.1. The van der Waals surface area contributed by atoms with Gasteiger partial charge in [0.2, 0.25) is 5.91 Å². The number of rotatable bonds is 10. The molecule has 1 amide bonds. The van der Waals surface area contributed by atoms with Crippen LogP contribution >= 0.6 is 35.0 Å². The fraction of sp³-hybridized carbons (Fsp3) is 0.150. The molecule has 33 heavy (non-hydrogen) atoms. The van der Waals surface area contributed by atoms with Crippen molar-refractivity contribution in [1.29, 1.82) is 0 Å². The number of nitro groups is 1. The van der Waals surface area contributed by atoms with Crippen molar-refractivity contribution >= 4 is 52.2 Å². The zero-order chi connectivity index (χ0) is 24.0. The Morgan fingerprint density at radius 1 is 1.27 bits per heavy atom. The third-order valence-electron chi connectivity index (χ3n) is 4.12. The SMILES string of the molecule is C=CCn1c(COc2ccc(F)c(Cl)c2)nnc1SCC(=O)Nc1ccc(Cl)c([N+](=O)[O-])c1. The van der Waals surface area contributed by atoms with Crippen molar-refractivity contribution in [1.82, 2.24) is 14.8 Å². The number of carbonyl (C=O) groups excluding carboxylic acids is 1. The Bertz CT molecular complexity index is 1210. The third-order valence-corrected chi connectivity index (χ3v) is 5.70. The molecule has 3 rings (SSSR count). The Balaban J connectivity index is 1.63. The molecule has 0 fully saturated rings. The van der Waals surface area contributed by atoms with Gasteiger partial charge in [-0.25, -0.2) is 4.39 Å². The van der Waals surface area contributed by atoms with Gasteiger partial charge in [-0.05, 0) is 24.3 Å². The maximum atomic E-state index is 13.3. The normalized spacial score (nSPS) is 10.6. The van der Waals surface area contributed by atoms with Gasteiger partial charge in [0.05, 0.1) is 15.7 Å². The van der Waals surface area contributed by atoms with Gasteiger partial charge in [-0.15, -0.1) is 16.8 Å². The molecule has 9 nitrogen and oxygen atoms in total. The van der Waals surface area contributed by atoms with E-state index in [4.69, 9.17) is 27.9 Å². The van der Waals surface area contributed by atoms with Crippen molar-refractivity contribution in [3.63, 3.8) is 0 Å². The lowest BCUT2D eigenvalue weighted by atomic mass is 10.3. The van der Waals surface area contributed by atoms with Crippen molar-refractivity contribution in [2.24, 2.45) is 0 Å². The van der Waals surface area contributed by atoms with Gasteiger partial charge in [-0.1, -0.05) is 41.0 Å². The minimum Gasteiger partial charge on any atom is -0.486 e. The van der Waals surface area contributed by atoms with E-state index in [0.717, 1.165) is 11.8 Å². The van der Waals surface area contributed by atoms with Gasteiger partial charge in [0, 0.05) is 24.4 Å². The standard InChI is InChI=1S/C20H16Cl2FN5O4S/c1-2-7-27-18(10-32-13-4-6-16(23)15(22)9-13)25-26-20(27)33-11-19(29)24-12-3-5-14(21)17(8-12)28(30)31/h2-6,8-9H,1,7,10-11H2,(H,24,29). The molecule has 0 unspecified atom stereocenters. The molecular weight excluding hydrogens is 496 g/mol. The second-order valence-electron chi connectivity index (χ2n) is 6.42. The Morgan fingerprint density at radius 2 is 2.06 bits per heavy atom. The highest BCUT2D eigenvalue weighted by atomic mass is 35.5. The summed E-state index contributed by atoms with van der Waals surface area (Å²) in [6.45, 7) is 4.10. The Kier molecular flexibility index (Phi) is 8.26. The van der Waals surface area contributed by atoms with Crippen LogP contribution < -0.4 is 10.1 Å². The Hall–Kier alpha value is -3.15. The topological polar surface area (TPSA) is 112 Å².